The van der Waals surface area contributed by atoms with Crippen molar-refractivity contribution in [1.29, 1.82) is 0 Å². The van der Waals surface area contributed by atoms with E-state index >= 15 is 0 Å². The number of carbonyl (C=O) groups is 3. The average molecular weight is 421 g/mol. The second kappa shape index (κ2) is 12.9. The Hall–Kier alpha value is -2.51. The second-order valence-electron chi connectivity index (χ2n) is 7.39. The number of azide groups is 1. The number of esters is 1. The molecule has 0 aromatic heterocycles. The summed E-state index contributed by atoms with van der Waals surface area (Å²) in [5, 5.41) is 6.00. The summed E-state index contributed by atoms with van der Waals surface area (Å²) in [5.74, 6) is -0.859. The summed E-state index contributed by atoms with van der Waals surface area (Å²) in [5.41, 5.74) is 7.55. The van der Waals surface area contributed by atoms with Crippen molar-refractivity contribution in [2.45, 2.75) is 69.4 Å². The van der Waals surface area contributed by atoms with E-state index in [1.54, 1.807) is 20.8 Å². The van der Waals surface area contributed by atoms with Crippen LogP contribution in [0.5, 0.6) is 0 Å². The van der Waals surface area contributed by atoms with E-state index in [1.165, 1.54) is 0 Å². The van der Waals surface area contributed by atoms with Gasteiger partial charge in [0, 0.05) is 29.2 Å². The lowest BCUT2D eigenvalue weighted by atomic mass is 10.1. The lowest BCUT2D eigenvalue weighted by Crippen LogP contribution is -2.44. The smallest absolute Gasteiger partial charge is 0.329 e. The van der Waals surface area contributed by atoms with Gasteiger partial charge < -0.3 is 10.1 Å². The van der Waals surface area contributed by atoms with Gasteiger partial charge in [0.15, 0.2) is 5.12 Å². The molecular formula is C20H28N4O4S. The number of amides is 1. The van der Waals surface area contributed by atoms with Gasteiger partial charge in [-0.25, -0.2) is 4.79 Å². The Labute approximate surface area is 175 Å². The Kier molecular flexibility index (Phi) is 10.9. The molecule has 0 radical (unpaired) electrons. The van der Waals surface area contributed by atoms with Gasteiger partial charge in [0.1, 0.15) is 11.6 Å². The first-order chi connectivity index (χ1) is 13.7. The molecule has 0 unspecified atom stereocenters. The van der Waals surface area contributed by atoms with E-state index in [1.807, 2.05) is 30.3 Å². The first kappa shape index (κ1) is 24.5. The highest BCUT2D eigenvalue weighted by molar-refractivity contribution is 8.13. The van der Waals surface area contributed by atoms with Crippen LogP contribution in [0.3, 0.4) is 0 Å². The Balaban J connectivity index is 2.60. The average Bonchev–Trinajstić information content (AvgIpc) is 2.64. The van der Waals surface area contributed by atoms with E-state index in [0.29, 0.717) is 19.4 Å². The summed E-state index contributed by atoms with van der Waals surface area (Å²) >= 11 is 1.11. The minimum atomic E-state index is -0.890. The molecule has 0 aliphatic heterocycles. The highest BCUT2D eigenvalue weighted by atomic mass is 32.2. The molecule has 1 aromatic carbocycles. The van der Waals surface area contributed by atoms with E-state index in [0.717, 1.165) is 16.7 Å². The maximum Gasteiger partial charge on any atom is 0.329 e. The summed E-state index contributed by atoms with van der Waals surface area (Å²) in [7, 11) is 0. The molecule has 0 saturated carbocycles. The first-order valence-electron chi connectivity index (χ1n) is 9.50. The van der Waals surface area contributed by atoms with E-state index in [-0.39, 0.29) is 30.3 Å². The van der Waals surface area contributed by atoms with Gasteiger partial charge in [-0.3, -0.25) is 9.59 Å². The van der Waals surface area contributed by atoms with Crippen molar-refractivity contribution in [2.75, 3.05) is 6.54 Å². The van der Waals surface area contributed by atoms with Gasteiger partial charge in [-0.1, -0.05) is 35.1 Å². The number of nitrogens with zero attached hydrogens (tertiary/aromatic N) is 3. The molecule has 8 nitrogen and oxygen atoms in total. The molecule has 0 aliphatic rings. The number of carbonyl (C=O) groups excluding carboxylic acids is 3. The number of nitrogens with one attached hydrogen (secondary N) is 1. The molecule has 1 amide bonds. The number of unbranched alkanes of at least 4 members (excludes halogenated alkanes) is 1. The molecule has 0 heterocycles. The van der Waals surface area contributed by atoms with E-state index < -0.39 is 17.6 Å². The molecule has 0 aliphatic carbocycles. The van der Waals surface area contributed by atoms with Crippen LogP contribution in [0.1, 0.15) is 52.9 Å². The zero-order valence-corrected chi connectivity index (χ0v) is 17.9. The van der Waals surface area contributed by atoms with Crippen molar-refractivity contribution in [3.05, 3.63) is 40.8 Å². The molecule has 1 rings (SSSR count). The minimum Gasteiger partial charge on any atom is -0.458 e. The lowest BCUT2D eigenvalue weighted by molar-refractivity contribution is -0.158. The fourth-order valence-electron chi connectivity index (χ4n) is 2.33. The van der Waals surface area contributed by atoms with Crippen LogP contribution in [0.15, 0.2) is 40.3 Å². The monoisotopic (exact) mass is 420 g/mol. The summed E-state index contributed by atoms with van der Waals surface area (Å²) in [4.78, 5) is 40.4. The number of hydrogen-bond donors (Lipinski definition) is 1. The normalized spacial score (nSPS) is 11.8. The van der Waals surface area contributed by atoms with Crippen LogP contribution >= 0.6 is 11.8 Å². The largest absolute Gasteiger partial charge is 0.458 e. The maximum atomic E-state index is 12.5. The topological polar surface area (TPSA) is 121 Å². The summed E-state index contributed by atoms with van der Waals surface area (Å²) in [6.07, 6.45) is 1.61. The Bertz CT molecular complexity index is 728. The third kappa shape index (κ3) is 11.8. The quantitative estimate of drug-likeness (QED) is 0.142. The fraction of sp³-hybridized carbons (Fsp3) is 0.550. The third-order valence-corrected chi connectivity index (χ3v) is 4.55. The van der Waals surface area contributed by atoms with E-state index in [4.69, 9.17) is 10.3 Å². The van der Waals surface area contributed by atoms with Crippen LogP contribution in [0.25, 0.3) is 10.4 Å². The van der Waals surface area contributed by atoms with Crippen LogP contribution in [0.2, 0.25) is 0 Å². The van der Waals surface area contributed by atoms with Gasteiger partial charge >= 0.3 is 5.97 Å². The fourth-order valence-corrected chi connectivity index (χ4v) is 3.11. The maximum absolute atomic E-state index is 12.5. The van der Waals surface area contributed by atoms with Crippen molar-refractivity contribution in [3.8, 4) is 0 Å². The zero-order valence-electron chi connectivity index (χ0n) is 17.1. The van der Waals surface area contributed by atoms with Crippen LogP contribution < -0.4 is 5.32 Å². The number of benzene rings is 1. The molecule has 29 heavy (non-hydrogen) atoms. The Morgan fingerprint density at radius 3 is 2.48 bits per heavy atom. The molecule has 0 saturated heterocycles. The molecule has 0 bridgehead atoms. The van der Waals surface area contributed by atoms with E-state index in [2.05, 4.69) is 15.3 Å². The van der Waals surface area contributed by atoms with Gasteiger partial charge in [0.2, 0.25) is 5.91 Å². The van der Waals surface area contributed by atoms with Crippen LogP contribution in [0, 0.1) is 0 Å². The molecule has 9 heteroatoms. The molecule has 0 fully saturated rings. The molecule has 1 N–H and O–H groups in total. The summed E-state index contributed by atoms with van der Waals surface area (Å²) in [6.45, 7) is 5.56. The predicted molar refractivity (Wildman–Crippen MR) is 112 cm³/mol. The molecule has 158 valence electrons. The van der Waals surface area contributed by atoms with Crippen molar-refractivity contribution in [3.63, 3.8) is 0 Å². The Morgan fingerprint density at radius 2 is 1.86 bits per heavy atom. The van der Waals surface area contributed by atoms with Crippen molar-refractivity contribution in [2.24, 2.45) is 5.11 Å². The Morgan fingerprint density at radius 1 is 1.17 bits per heavy atom. The lowest BCUT2D eigenvalue weighted by Gasteiger charge is -2.24. The van der Waals surface area contributed by atoms with Gasteiger partial charge in [-0.15, -0.1) is 0 Å². The minimum absolute atomic E-state index is 0.0895. The van der Waals surface area contributed by atoms with Gasteiger partial charge in [0.25, 0.3) is 0 Å². The predicted octanol–water partition coefficient (Wildman–Crippen LogP) is 4.39. The van der Waals surface area contributed by atoms with Crippen LogP contribution in [-0.2, 0) is 19.1 Å². The molecule has 0 spiro atoms. The highest BCUT2D eigenvalue weighted by Gasteiger charge is 2.27. The first-order valence-corrected chi connectivity index (χ1v) is 10.3. The van der Waals surface area contributed by atoms with Gasteiger partial charge in [0.05, 0.1) is 0 Å². The van der Waals surface area contributed by atoms with Crippen molar-refractivity contribution < 1.29 is 19.1 Å². The van der Waals surface area contributed by atoms with Crippen molar-refractivity contribution >= 4 is 28.8 Å². The second-order valence-corrected chi connectivity index (χ2v) is 8.52. The summed E-state index contributed by atoms with van der Waals surface area (Å²) < 4.78 is 5.38. The standard InChI is InChI=1S/C20H28N4O4S/c1-20(2,3)28-19(27)16(23-17(25)11-7-8-14-22-24-21)12-13-18(26)29-15-9-5-4-6-10-15/h4-6,9-10,16H,7-8,11-14H2,1-3H3,(H,23,25)/t16-/m0/s1. The van der Waals surface area contributed by atoms with Gasteiger partial charge in [-0.2, -0.15) is 0 Å². The van der Waals surface area contributed by atoms with E-state index in [9.17, 15) is 14.4 Å². The summed E-state index contributed by atoms with van der Waals surface area (Å²) in [6, 6.07) is 8.36. The SMILES string of the molecule is CC(C)(C)OC(=O)[C@H](CCC(=O)Sc1ccccc1)NC(=O)CCCCN=[N+]=[N-]. The third-order valence-electron chi connectivity index (χ3n) is 3.61. The molecule has 1 aromatic rings. The number of thioether (sulfide) groups is 1. The number of ether oxygens (including phenoxy) is 1. The number of rotatable bonds is 11. The van der Waals surface area contributed by atoms with Crippen LogP contribution in [-0.4, -0.2) is 35.2 Å². The van der Waals surface area contributed by atoms with Crippen molar-refractivity contribution in [1.82, 2.24) is 5.32 Å². The zero-order chi connectivity index (χ0) is 21.7. The van der Waals surface area contributed by atoms with Gasteiger partial charge in [-0.05, 0) is 57.7 Å². The molecular weight excluding hydrogens is 392 g/mol. The van der Waals surface area contributed by atoms with Crippen LogP contribution in [0.4, 0.5) is 0 Å². The number of hydrogen-bond acceptors (Lipinski definition) is 6. The highest BCUT2D eigenvalue weighted by Crippen LogP contribution is 2.21. The molecule has 1 atom stereocenters.